The van der Waals surface area contributed by atoms with Crippen molar-refractivity contribution in [3.8, 4) is 5.75 Å². The maximum atomic E-state index is 14.7. The second-order valence-electron chi connectivity index (χ2n) is 7.94. The van der Waals surface area contributed by atoms with Gasteiger partial charge in [-0.1, -0.05) is 11.6 Å². The molecule has 1 unspecified atom stereocenters. The van der Waals surface area contributed by atoms with Crippen molar-refractivity contribution in [2.24, 2.45) is 0 Å². The molecule has 2 N–H and O–H groups in total. The van der Waals surface area contributed by atoms with Crippen LogP contribution in [0.15, 0.2) is 30.3 Å². The molecule has 2 fully saturated rings. The number of piperidine rings is 1. The third-order valence-corrected chi connectivity index (χ3v) is 5.70. The van der Waals surface area contributed by atoms with Gasteiger partial charge in [0, 0.05) is 34.4 Å². The molecule has 8 nitrogen and oxygen atoms in total. The van der Waals surface area contributed by atoms with Crippen LogP contribution >= 0.6 is 11.6 Å². The van der Waals surface area contributed by atoms with Crippen molar-refractivity contribution in [3.05, 3.63) is 52.6 Å². The summed E-state index contributed by atoms with van der Waals surface area (Å²) in [5, 5.41) is 4.48. The topological polar surface area (TPSA) is 97.0 Å². The number of nitrogens with zero attached hydrogens (tertiary/aromatic N) is 1. The summed E-state index contributed by atoms with van der Waals surface area (Å²) in [4.78, 5) is 36.9. The fourth-order valence-electron chi connectivity index (χ4n) is 3.88. The monoisotopic (exact) mass is 515 g/mol. The Kier molecular flexibility index (Phi) is 7.01. The van der Waals surface area contributed by atoms with Crippen LogP contribution in [0.1, 0.15) is 24.3 Å². The van der Waals surface area contributed by atoms with Gasteiger partial charge in [0.2, 0.25) is 11.8 Å². The van der Waals surface area contributed by atoms with Gasteiger partial charge in [0.05, 0.1) is 19.0 Å². The van der Waals surface area contributed by atoms with Crippen LogP contribution in [0.5, 0.6) is 5.75 Å². The van der Waals surface area contributed by atoms with E-state index in [1.165, 1.54) is 6.07 Å². The highest BCUT2D eigenvalue weighted by atomic mass is 35.5. The molecule has 2 saturated heterocycles. The summed E-state index contributed by atoms with van der Waals surface area (Å²) in [5.74, 6) is -4.42. The minimum Gasteiger partial charge on any atom is -0.442 e. The number of hydrogen-bond acceptors (Lipinski definition) is 6. The predicted octanol–water partition coefficient (Wildman–Crippen LogP) is 4.18. The smallest absolute Gasteiger partial charge is 0.412 e. The van der Waals surface area contributed by atoms with Crippen molar-refractivity contribution in [2.45, 2.75) is 31.5 Å². The summed E-state index contributed by atoms with van der Waals surface area (Å²) in [6, 6.07) is 5.76. The normalized spacial score (nSPS) is 18.2. The Bertz CT molecular complexity index is 1150. The molecule has 2 heterocycles. The van der Waals surface area contributed by atoms with Crippen LogP contribution in [0.25, 0.3) is 0 Å². The van der Waals surface area contributed by atoms with Crippen molar-refractivity contribution < 1.29 is 41.4 Å². The zero-order chi connectivity index (χ0) is 25.3. The molecule has 2 aromatic rings. The second-order valence-corrected chi connectivity index (χ2v) is 8.37. The number of imide groups is 1. The van der Waals surface area contributed by atoms with Gasteiger partial charge in [0.1, 0.15) is 23.5 Å². The zero-order valence-electron chi connectivity index (χ0n) is 17.8. The summed E-state index contributed by atoms with van der Waals surface area (Å²) in [6.07, 6.45) is -1.49. The third-order valence-electron chi connectivity index (χ3n) is 5.48. The average molecular weight is 516 g/mol. The molecule has 2 aromatic carbocycles. The number of hydrogen-bond donors (Lipinski definition) is 2. The first-order valence-corrected chi connectivity index (χ1v) is 10.8. The van der Waals surface area contributed by atoms with E-state index in [0.717, 1.165) is 24.3 Å². The van der Waals surface area contributed by atoms with E-state index in [-0.39, 0.29) is 48.1 Å². The van der Waals surface area contributed by atoms with Gasteiger partial charge in [-0.3, -0.25) is 20.2 Å². The summed E-state index contributed by atoms with van der Waals surface area (Å²) in [5.41, 5.74) is -0.134. The molecule has 35 heavy (non-hydrogen) atoms. The van der Waals surface area contributed by atoms with Crippen molar-refractivity contribution in [3.63, 3.8) is 0 Å². The SMILES string of the molecule is O=C1CCC(c2c(F)cc(N3CC(OC(=O)Nc4cc(Cl)cc(OC(F)F)c4)C3)cc2F)C(=O)N1. The van der Waals surface area contributed by atoms with E-state index in [0.29, 0.717) is 0 Å². The van der Waals surface area contributed by atoms with Crippen LogP contribution in [-0.2, 0) is 14.3 Å². The number of halogens is 5. The molecule has 2 aliphatic rings. The number of amides is 3. The second kappa shape index (κ2) is 9.98. The maximum Gasteiger partial charge on any atom is 0.412 e. The summed E-state index contributed by atoms with van der Waals surface area (Å²) < 4.78 is 63.6. The fourth-order valence-corrected chi connectivity index (χ4v) is 4.11. The van der Waals surface area contributed by atoms with E-state index in [9.17, 15) is 31.9 Å². The third kappa shape index (κ3) is 5.76. The van der Waals surface area contributed by atoms with Gasteiger partial charge in [-0.05, 0) is 30.7 Å². The Balaban J connectivity index is 1.34. The largest absolute Gasteiger partial charge is 0.442 e. The lowest BCUT2D eigenvalue weighted by molar-refractivity contribution is -0.134. The molecule has 186 valence electrons. The van der Waals surface area contributed by atoms with Gasteiger partial charge in [0.25, 0.3) is 0 Å². The molecular formula is C22H18ClF4N3O5. The lowest BCUT2D eigenvalue weighted by Crippen LogP contribution is -2.53. The molecule has 2 aliphatic heterocycles. The number of benzene rings is 2. The Morgan fingerprint density at radius 2 is 1.80 bits per heavy atom. The molecular weight excluding hydrogens is 498 g/mol. The first kappa shape index (κ1) is 24.6. The summed E-state index contributed by atoms with van der Waals surface area (Å²) >= 11 is 5.83. The van der Waals surface area contributed by atoms with Crippen LogP contribution in [0.3, 0.4) is 0 Å². The molecule has 4 rings (SSSR count). The molecule has 0 saturated carbocycles. The zero-order valence-corrected chi connectivity index (χ0v) is 18.6. The first-order chi connectivity index (χ1) is 16.6. The number of carbonyl (C=O) groups is 3. The van der Waals surface area contributed by atoms with Gasteiger partial charge in [-0.2, -0.15) is 8.78 Å². The minimum absolute atomic E-state index is 0.00890. The highest BCUT2D eigenvalue weighted by molar-refractivity contribution is 6.31. The van der Waals surface area contributed by atoms with Crippen molar-refractivity contribution in [2.75, 3.05) is 23.3 Å². The molecule has 0 aliphatic carbocycles. The van der Waals surface area contributed by atoms with Crippen LogP contribution < -0.4 is 20.3 Å². The Labute approximate surface area is 201 Å². The number of alkyl halides is 2. The van der Waals surface area contributed by atoms with E-state index < -0.39 is 53.7 Å². The van der Waals surface area contributed by atoms with Crippen molar-refractivity contribution >= 4 is 40.9 Å². The highest BCUT2D eigenvalue weighted by Gasteiger charge is 2.35. The molecule has 13 heteroatoms. The van der Waals surface area contributed by atoms with Gasteiger partial charge < -0.3 is 14.4 Å². The van der Waals surface area contributed by atoms with Gasteiger partial charge in [-0.25, -0.2) is 13.6 Å². The van der Waals surface area contributed by atoms with Gasteiger partial charge in [0.15, 0.2) is 0 Å². The van der Waals surface area contributed by atoms with E-state index in [2.05, 4.69) is 15.4 Å². The molecule has 0 aromatic heterocycles. The Morgan fingerprint density at radius 1 is 1.11 bits per heavy atom. The molecule has 0 spiro atoms. The fraction of sp³-hybridized carbons (Fsp3) is 0.318. The summed E-state index contributed by atoms with van der Waals surface area (Å²) in [6.45, 7) is -2.79. The van der Waals surface area contributed by atoms with Crippen molar-refractivity contribution in [1.82, 2.24) is 5.32 Å². The number of nitrogens with one attached hydrogen (secondary N) is 2. The quantitative estimate of drug-likeness (QED) is 0.443. The van der Waals surface area contributed by atoms with Crippen LogP contribution in [-0.4, -0.2) is 43.7 Å². The summed E-state index contributed by atoms with van der Waals surface area (Å²) in [7, 11) is 0. The molecule has 3 amide bonds. The van der Waals surface area contributed by atoms with Crippen LogP contribution in [0.2, 0.25) is 5.02 Å². The number of anilines is 2. The van der Waals surface area contributed by atoms with E-state index in [1.807, 2.05) is 0 Å². The van der Waals surface area contributed by atoms with E-state index in [4.69, 9.17) is 16.3 Å². The number of rotatable bonds is 6. The lowest BCUT2D eigenvalue weighted by atomic mass is 9.89. The van der Waals surface area contributed by atoms with Gasteiger partial charge >= 0.3 is 12.7 Å². The predicted molar refractivity (Wildman–Crippen MR) is 116 cm³/mol. The lowest BCUT2D eigenvalue weighted by Gasteiger charge is -2.40. The molecule has 0 bridgehead atoms. The first-order valence-electron chi connectivity index (χ1n) is 10.4. The van der Waals surface area contributed by atoms with Gasteiger partial charge in [-0.15, -0.1) is 0 Å². The van der Waals surface area contributed by atoms with Crippen LogP contribution in [0.4, 0.5) is 33.7 Å². The molecule has 0 radical (unpaired) electrons. The Hall–Kier alpha value is -3.54. The minimum atomic E-state index is -3.07. The standard InChI is InChI=1S/C22H18ClF4N3O5/c23-10-3-11(5-13(4-10)34-21(26)27)28-22(33)35-14-8-30(9-14)12-6-16(24)19(17(25)7-12)15-1-2-18(31)29-20(15)32/h3-7,14-15,21H,1-2,8-9H2,(H,28,33)(H,29,31,32). The molecule has 1 atom stereocenters. The van der Waals surface area contributed by atoms with Crippen LogP contribution in [0, 0.1) is 11.6 Å². The number of carbonyl (C=O) groups excluding carboxylic acids is 3. The Morgan fingerprint density at radius 3 is 2.43 bits per heavy atom. The van der Waals surface area contributed by atoms with Crippen molar-refractivity contribution in [1.29, 1.82) is 0 Å². The van der Waals surface area contributed by atoms with E-state index in [1.54, 1.807) is 4.90 Å². The average Bonchev–Trinajstić information content (AvgIpc) is 2.70. The number of ether oxygens (including phenoxy) is 2. The maximum absolute atomic E-state index is 14.7. The highest BCUT2D eigenvalue weighted by Crippen LogP contribution is 2.34. The van der Waals surface area contributed by atoms with E-state index >= 15 is 0 Å².